The smallest absolute Gasteiger partial charge is 0.264 e. The van der Waals surface area contributed by atoms with Gasteiger partial charge in [0.05, 0.1) is 24.8 Å². The Kier molecular flexibility index (Phi) is 11.8. The molecule has 46 heavy (non-hydrogen) atoms. The van der Waals surface area contributed by atoms with Crippen LogP contribution in [0.3, 0.4) is 0 Å². The lowest BCUT2D eigenvalue weighted by Crippen LogP contribution is -2.54. The molecular weight excluding hydrogens is 670 g/mol. The number of hydrogen-bond donors (Lipinski definition) is 1. The highest BCUT2D eigenvalue weighted by Gasteiger charge is 2.35. The number of nitrogens with zero attached hydrogens (tertiary/aromatic N) is 2. The minimum Gasteiger partial charge on any atom is -0.493 e. The van der Waals surface area contributed by atoms with Crippen molar-refractivity contribution in [3.63, 3.8) is 0 Å². The van der Waals surface area contributed by atoms with Gasteiger partial charge in [0.25, 0.3) is 10.0 Å². The lowest BCUT2D eigenvalue weighted by Gasteiger charge is -2.34. The molecule has 0 fully saturated rings. The van der Waals surface area contributed by atoms with Crippen molar-refractivity contribution in [2.75, 3.05) is 25.1 Å². The van der Waals surface area contributed by atoms with Crippen LogP contribution >= 0.6 is 15.9 Å². The zero-order chi connectivity index (χ0) is 33.3. The highest BCUT2D eigenvalue weighted by atomic mass is 79.9. The number of halogens is 1. The number of anilines is 1. The summed E-state index contributed by atoms with van der Waals surface area (Å²) in [5.74, 6) is -0.286. The van der Waals surface area contributed by atoms with Crippen LogP contribution in [0.5, 0.6) is 11.5 Å². The van der Waals surface area contributed by atoms with Crippen LogP contribution in [0.1, 0.15) is 25.0 Å². The fraction of sp³-hybridized carbons (Fsp3) is 0.257. The van der Waals surface area contributed by atoms with Gasteiger partial charge in [-0.1, -0.05) is 76.6 Å². The fourth-order valence-corrected chi connectivity index (χ4v) is 6.64. The lowest BCUT2D eigenvalue weighted by atomic mass is 10.0. The molecule has 11 heteroatoms. The number of rotatable bonds is 14. The first-order valence-electron chi connectivity index (χ1n) is 14.7. The molecule has 0 aliphatic carbocycles. The number of carbonyl (C=O) groups excluding carboxylic acids is 2. The molecule has 242 valence electrons. The summed E-state index contributed by atoms with van der Waals surface area (Å²) >= 11 is 3.45. The van der Waals surface area contributed by atoms with E-state index < -0.39 is 28.5 Å². The predicted octanol–water partition coefficient (Wildman–Crippen LogP) is 5.83. The second-order valence-corrected chi connectivity index (χ2v) is 13.7. The molecule has 0 aliphatic rings. The van der Waals surface area contributed by atoms with E-state index in [0.29, 0.717) is 11.4 Å². The van der Waals surface area contributed by atoms with Crippen molar-refractivity contribution in [2.24, 2.45) is 0 Å². The van der Waals surface area contributed by atoms with Gasteiger partial charge in [-0.15, -0.1) is 0 Å². The summed E-state index contributed by atoms with van der Waals surface area (Å²) in [4.78, 5) is 29.7. The van der Waals surface area contributed by atoms with Gasteiger partial charge in [0.15, 0.2) is 11.5 Å². The minimum absolute atomic E-state index is 0.0775. The molecule has 0 bridgehead atoms. The third kappa shape index (κ3) is 8.67. The van der Waals surface area contributed by atoms with E-state index in [4.69, 9.17) is 9.47 Å². The summed E-state index contributed by atoms with van der Waals surface area (Å²) in [6.45, 7) is 3.22. The van der Waals surface area contributed by atoms with Crippen LogP contribution in [0.2, 0.25) is 0 Å². The molecule has 0 radical (unpaired) electrons. The molecule has 1 N–H and O–H groups in total. The second kappa shape index (κ2) is 15.8. The van der Waals surface area contributed by atoms with Gasteiger partial charge in [-0.3, -0.25) is 13.9 Å². The number of amides is 2. The summed E-state index contributed by atoms with van der Waals surface area (Å²) in [5, 5.41) is 2.96. The van der Waals surface area contributed by atoms with Gasteiger partial charge < -0.3 is 19.7 Å². The number of hydrogen-bond acceptors (Lipinski definition) is 6. The summed E-state index contributed by atoms with van der Waals surface area (Å²) in [7, 11) is -1.42. The number of sulfonamides is 1. The van der Waals surface area contributed by atoms with Crippen molar-refractivity contribution in [1.82, 2.24) is 10.2 Å². The topological polar surface area (TPSA) is 105 Å². The van der Waals surface area contributed by atoms with E-state index in [-0.39, 0.29) is 35.6 Å². The van der Waals surface area contributed by atoms with Crippen molar-refractivity contribution >= 4 is 43.5 Å². The normalized spacial score (nSPS) is 11.9. The number of methoxy groups -OCH3 is 2. The Labute approximate surface area is 279 Å². The summed E-state index contributed by atoms with van der Waals surface area (Å²) in [6, 6.07) is 28.4. The van der Waals surface area contributed by atoms with Gasteiger partial charge in [-0.05, 0) is 61.4 Å². The maximum atomic E-state index is 14.5. The van der Waals surface area contributed by atoms with Gasteiger partial charge in [0.1, 0.15) is 12.6 Å². The Morgan fingerprint density at radius 3 is 2.00 bits per heavy atom. The van der Waals surface area contributed by atoms with Gasteiger partial charge in [0, 0.05) is 29.5 Å². The number of ether oxygens (including phenoxy) is 2. The largest absolute Gasteiger partial charge is 0.493 e. The summed E-state index contributed by atoms with van der Waals surface area (Å²) in [6.07, 6.45) is 0.232. The molecule has 9 nitrogen and oxygen atoms in total. The second-order valence-electron chi connectivity index (χ2n) is 10.9. The Morgan fingerprint density at radius 2 is 1.41 bits per heavy atom. The van der Waals surface area contributed by atoms with Crippen molar-refractivity contribution in [3.05, 3.63) is 119 Å². The first kappa shape index (κ1) is 34.5. The molecule has 1 atom stereocenters. The Balaban J connectivity index is 1.80. The Bertz CT molecular complexity index is 1720. The molecule has 4 rings (SSSR count). The number of benzene rings is 4. The monoisotopic (exact) mass is 707 g/mol. The van der Waals surface area contributed by atoms with Gasteiger partial charge in [-0.2, -0.15) is 0 Å². The highest BCUT2D eigenvalue weighted by Crippen LogP contribution is 2.32. The van der Waals surface area contributed by atoms with Crippen LogP contribution in [0.15, 0.2) is 112 Å². The van der Waals surface area contributed by atoms with Crippen LogP contribution in [0.4, 0.5) is 5.69 Å². The molecule has 2 amide bonds. The molecular formula is C35H38BrN3O6S. The Hall–Kier alpha value is -4.35. The van der Waals surface area contributed by atoms with E-state index in [9.17, 15) is 18.0 Å². The molecule has 4 aromatic rings. The maximum absolute atomic E-state index is 14.5. The van der Waals surface area contributed by atoms with Gasteiger partial charge in [-0.25, -0.2) is 8.42 Å². The predicted molar refractivity (Wildman–Crippen MR) is 182 cm³/mol. The first-order valence-corrected chi connectivity index (χ1v) is 16.9. The number of para-hydroxylation sites is 1. The molecule has 0 saturated carbocycles. The third-order valence-electron chi connectivity index (χ3n) is 7.23. The van der Waals surface area contributed by atoms with Crippen molar-refractivity contribution in [2.45, 2.75) is 43.8 Å². The SMILES string of the molecule is COc1ccc(S(=O)(=O)N(CC(=O)N(Cc2ccc(Br)cc2)[C@H](Cc2ccccc2)C(=O)NC(C)C)c2ccccc2)cc1OC. The Morgan fingerprint density at radius 1 is 0.804 bits per heavy atom. The van der Waals surface area contributed by atoms with Crippen LogP contribution in [0.25, 0.3) is 0 Å². The molecule has 0 unspecified atom stereocenters. The molecule has 0 saturated heterocycles. The maximum Gasteiger partial charge on any atom is 0.264 e. The standard InChI is InChI=1S/C35H38BrN3O6S/c1-25(2)37-35(41)31(21-26-11-7-5-8-12-26)38(23-27-15-17-28(36)18-16-27)34(40)24-39(29-13-9-6-10-14-29)46(42,43)30-19-20-32(44-3)33(22-30)45-4/h5-20,22,25,31H,21,23-24H2,1-4H3,(H,37,41)/t31-/m1/s1. The molecule has 0 heterocycles. The quantitative estimate of drug-likeness (QED) is 0.177. The van der Waals surface area contributed by atoms with Gasteiger partial charge in [0.2, 0.25) is 11.8 Å². The summed E-state index contributed by atoms with van der Waals surface area (Å²) in [5.41, 5.74) is 1.93. The third-order valence-corrected chi connectivity index (χ3v) is 9.53. The van der Waals surface area contributed by atoms with E-state index in [2.05, 4.69) is 21.2 Å². The molecule has 0 spiro atoms. The van der Waals surface area contributed by atoms with Crippen LogP contribution < -0.4 is 19.1 Å². The van der Waals surface area contributed by atoms with Crippen molar-refractivity contribution in [3.8, 4) is 11.5 Å². The lowest BCUT2D eigenvalue weighted by molar-refractivity contribution is -0.140. The van der Waals surface area contributed by atoms with Crippen molar-refractivity contribution < 1.29 is 27.5 Å². The minimum atomic E-state index is -4.30. The zero-order valence-electron chi connectivity index (χ0n) is 26.2. The van der Waals surface area contributed by atoms with Gasteiger partial charge >= 0.3 is 0 Å². The van der Waals surface area contributed by atoms with E-state index in [0.717, 1.165) is 19.9 Å². The van der Waals surface area contributed by atoms with Crippen molar-refractivity contribution in [1.29, 1.82) is 0 Å². The van der Waals surface area contributed by atoms with E-state index in [1.54, 1.807) is 30.3 Å². The average Bonchev–Trinajstić information content (AvgIpc) is 3.06. The van der Waals surface area contributed by atoms with Crippen LogP contribution in [-0.2, 0) is 32.6 Å². The molecule has 4 aromatic carbocycles. The zero-order valence-corrected chi connectivity index (χ0v) is 28.6. The molecule has 0 aliphatic heterocycles. The van der Waals surface area contributed by atoms with Crippen LogP contribution in [0, 0.1) is 0 Å². The average molecular weight is 709 g/mol. The van der Waals surface area contributed by atoms with Crippen LogP contribution in [-0.4, -0.2) is 58.0 Å². The number of nitrogens with one attached hydrogen (secondary N) is 1. The fourth-order valence-electron chi connectivity index (χ4n) is 4.95. The number of carbonyl (C=O) groups is 2. The van der Waals surface area contributed by atoms with E-state index in [1.807, 2.05) is 68.4 Å². The highest BCUT2D eigenvalue weighted by molar-refractivity contribution is 9.10. The molecule has 0 aromatic heterocycles. The van der Waals surface area contributed by atoms with E-state index >= 15 is 0 Å². The first-order chi connectivity index (χ1) is 22.0. The summed E-state index contributed by atoms with van der Waals surface area (Å²) < 4.78 is 41.1. The van der Waals surface area contributed by atoms with E-state index in [1.165, 1.54) is 37.3 Å².